The number of hydrogen-bond acceptors (Lipinski definition) is 7. The number of anilines is 2. The van der Waals surface area contributed by atoms with Gasteiger partial charge in [-0.1, -0.05) is 36.3 Å². The lowest BCUT2D eigenvalue weighted by atomic mass is 9.97. The van der Waals surface area contributed by atoms with Crippen LogP contribution in [0.25, 0.3) is 0 Å². The minimum absolute atomic E-state index is 0.131. The van der Waals surface area contributed by atoms with Crippen molar-refractivity contribution in [2.45, 2.75) is 58.5 Å². The highest BCUT2D eigenvalue weighted by Gasteiger charge is 2.36. The van der Waals surface area contributed by atoms with E-state index in [0.29, 0.717) is 34.9 Å². The number of rotatable bonds is 12. The molecule has 0 bridgehead atoms. The molecule has 10 nitrogen and oxygen atoms in total. The van der Waals surface area contributed by atoms with Crippen molar-refractivity contribution in [1.29, 1.82) is 0 Å². The van der Waals surface area contributed by atoms with E-state index in [2.05, 4.69) is 15.8 Å². The summed E-state index contributed by atoms with van der Waals surface area (Å²) >= 11 is 0. The number of aryl methyl sites for hydroxylation is 1. The van der Waals surface area contributed by atoms with E-state index >= 15 is 0 Å². The van der Waals surface area contributed by atoms with Crippen molar-refractivity contribution in [1.82, 2.24) is 10.5 Å². The van der Waals surface area contributed by atoms with E-state index in [-0.39, 0.29) is 24.6 Å². The van der Waals surface area contributed by atoms with Crippen molar-refractivity contribution in [3.8, 4) is 11.5 Å². The molecule has 0 saturated carbocycles. The van der Waals surface area contributed by atoms with E-state index in [1.165, 1.54) is 12.0 Å². The van der Waals surface area contributed by atoms with Gasteiger partial charge >= 0.3 is 0 Å². The molecule has 1 heterocycles. The molecule has 0 unspecified atom stereocenters. The number of nitrogens with one attached hydrogen (secondary N) is 2. The molecular formula is C29H36N4O6. The second-order valence-corrected chi connectivity index (χ2v) is 9.71. The van der Waals surface area contributed by atoms with Gasteiger partial charge in [-0.3, -0.25) is 19.3 Å². The van der Waals surface area contributed by atoms with Crippen LogP contribution in [0.1, 0.15) is 57.4 Å². The van der Waals surface area contributed by atoms with E-state index in [9.17, 15) is 14.4 Å². The maximum atomic E-state index is 13.9. The number of amides is 3. The number of carbonyl (C=O) groups excluding carboxylic acids is 3. The van der Waals surface area contributed by atoms with Gasteiger partial charge in [-0.2, -0.15) is 0 Å². The molecule has 0 aliphatic heterocycles. The first kappa shape index (κ1) is 29.2. The molecule has 2 N–H and O–H groups in total. The standard InChI is InChI=1S/C29H36N4O6/c1-7-29(3,4)31-28(36)27(20-12-14-21(37-5)15-13-20)33(22-10-8-9-11-23(22)38-6)26(35)17-16-25(34)30-24-18-19(2)39-32-24/h8-15,18,27H,7,16-17H2,1-6H3,(H,31,36)(H,30,32,34)/t27-/m0/s1. The second-order valence-electron chi connectivity index (χ2n) is 9.71. The highest BCUT2D eigenvalue weighted by molar-refractivity contribution is 6.04. The molecule has 0 saturated heterocycles. The lowest BCUT2D eigenvalue weighted by Crippen LogP contribution is -2.50. The van der Waals surface area contributed by atoms with Crippen LogP contribution in [-0.2, 0) is 14.4 Å². The van der Waals surface area contributed by atoms with Crippen molar-refractivity contribution in [3.63, 3.8) is 0 Å². The number of para-hydroxylation sites is 2. The molecule has 3 aromatic rings. The van der Waals surface area contributed by atoms with E-state index < -0.39 is 23.4 Å². The van der Waals surface area contributed by atoms with Gasteiger partial charge in [-0.05, 0) is 57.0 Å². The zero-order valence-corrected chi connectivity index (χ0v) is 23.2. The zero-order chi connectivity index (χ0) is 28.6. The molecule has 3 amide bonds. The summed E-state index contributed by atoms with van der Waals surface area (Å²) in [4.78, 5) is 41.8. The van der Waals surface area contributed by atoms with E-state index in [0.717, 1.165) is 0 Å². The van der Waals surface area contributed by atoms with Gasteiger partial charge in [0.25, 0.3) is 0 Å². The third-order valence-corrected chi connectivity index (χ3v) is 6.36. The van der Waals surface area contributed by atoms with Gasteiger partial charge in [0, 0.05) is 24.4 Å². The van der Waals surface area contributed by atoms with Crippen LogP contribution in [-0.4, -0.2) is 42.6 Å². The van der Waals surface area contributed by atoms with Gasteiger partial charge < -0.3 is 24.6 Å². The molecule has 2 aromatic carbocycles. The molecule has 3 rings (SSSR count). The number of benzene rings is 2. The number of nitrogens with zero attached hydrogens (tertiary/aromatic N) is 2. The van der Waals surface area contributed by atoms with Crippen LogP contribution < -0.4 is 25.0 Å². The summed E-state index contributed by atoms with van der Waals surface area (Å²) in [6.07, 6.45) is 0.379. The fourth-order valence-corrected chi connectivity index (χ4v) is 3.91. The third kappa shape index (κ3) is 7.59. The minimum Gasteiger partial charge on any atom is -0.497 e. The Hall–Kier alpha value is -4.34. The van der Waals surface area contributed by atoms with Crippen LogP contribution in [0, 0.1) is 6.92 Å². The third-order valence-electron chi connectivity index (χ3n) is 6.36. The van der Waals surface area contributed by atoms with Crippen LogP contribution >= 0.6 is 0 Å². The molecular weight excluding hydrogens is 500 g/mol. The molecule has 208 valence electrons. The van der Waals surface area contributed by atoms with Crippen molar-refractivity contribution in [2.75, 3.05) is 24.4 Å². The molecule has 1 atom stereocenters. The summed E-state index contributed by atoms with van der Waals surface area (Å²) in [5.41, 5.74) is 0.456. The van der Waals surface area contributed by atoms with Gasteiger partial charge in [-0.25, -0.2) is 0 Å². The monoisotopic (exact) mass is 536 g/mol. The number of carbonyl (C=O) groups is 3. The average molecular weight is 537 g/mol. The topological polar surface area (TPSA) is 123 Å². The van der Waals surface area contributed by atoms with E-state index in [1.807, 2.05) is 20.8 Å². The summed E-state index contributed by atoms with van der Waals surface area (Å²) in [6, 6.07) is 14.5. The van der Waals surface area contributed by atoms with E-state index in [4.69, 9.17) is 14.0 Å². The Bertz CT molecular complexity index is 1280. The van der Waals surface area contributed by atoms with Gasteiger partial charge in [0.05, 0.1) is 19.9 Å². The van der Waals surface area contributed by atoms with Gasteiger partial charge in [-0.15, -0.1) is 0 Å². The SMILES string of the molecule is CCC(C)(C)NC(=O)[C@H](c1ccc(OC)cc1)N(C(=O)CCC(=O)Nc1cc(C)on1)c1ccccc1OC. The van der Waals surface area contributed by atoms with Crippen LogP contribution in [0.2, 0.25) is 0 Å². The molecule has 0 aliphatic carbocycles. The Kier molecular flexibility index (Phi) is 9.70. The van der Waals surface area contributed by atoms with Crippen molar-refractivity contribution in [2.24, 2.45) is 0 Å². The van der Waals surface area contributed by atoms with Crippen LogP contribution in [0.4, 0.5) is 11.5 Å². The Morgan fingerprint density at radius 3 is 2.31 bits per heavy atom. The Balaban J connectivity index is 2.01. The largest absolute Gasteiger partial charge is 0.497 e. The van der Waals surface area contributed by atoms with Gasteiger partial charge in [0.15, 0.2) is 5.82 Å². The average Bonchev–Trinajstić information content (AvgIpc) is 3.34. The zero-order valence-electron chi connectivity index (χ0n) is 23.2. The first-order chi connectivity index (χ1) is 18.6. The quantitative estimate of drug-likeness (QED) is 0.341. The molecule has 0 radical (unpaired) electrons. The Labute approximate surface area is 228 Å². The molecule has 1 aromatic heterocycles. The van der Waals surface area contributed by atoms with Crippen molar-refractivity contribution >= 4 is 29.2 Å². The molecule has 39 heavy (non-hydrogen) atoms. The van der Waals surface area contributed by atoms with Crippen LogP contribution in [0.15, 0.2) is 59.1 Å². The normalized spacial score (nSPS) is 11.8. The predicted molar refractivity (Wildman–Crippen MR) is 148 cm³/mol. The van der Waals surface area contributed by atoms with Crippen LogP contribution in [0.3, 0.4) is 0 Å². The lowest BCUT2D eigenvalue weighted by molar-refractivity contribution is -0.128. The Morgan fingerprint density at radius 2 is 1.72 bits per heavy atom. The molecule has 0 fully saturated rings. The first-order valence-corrected chi connectivity index (χ1v) is 12.7. The number of methoxy groups -OCH3 is 2. The van der Waals surface area contributed by atoms with Crippen LogP contribution in [0.5, 0.6) is 11.5 Å². The number of ether oxygens (including phenoxy) is 2. The number of aromatic nitrogens is 1. The van der Waals surface area contributed by atoms with Crippen molar-refractivity contribution in [3.05, 3.63) is 65.9 Å². The smallest absolute Gasteiger partial charge is 0.248 e. The summed E-state index contributed by atoms with van der Waals surface area (Å²) in [6.45, 7) is 7.52. The molecule has 0 spiro atoms. The minimum atomic E-state index is -1.05. The predicted octanol–water partition coefficient (Wildman–Crippen LogP) is 4.80. The Morgan fingerprint density at radius 1 is 1.03 bits per heavy atom. The maximum absolute atomic E-state index is 13.9. The van der Waals surface area contributed by atoms with Gasteiger partial charge in [0.2, 0.25) is 17.7 Å². The molecule has 10 heteroatoms. The second kappa shape index (κ2) is 12.9. The maximum Gasteiger partial charge on any atom is 0.248 e. The highest BCUT2D eigenvalue weighted by atomic mass is 16.5. The van der Waals surface area contributed by atoms with E-state index in [1.54, 1.807) is 68.6 Å². The summed E-state index contributed by atoms with van der Waals surface area (Å²) < 4.78 is 15.8. The fraction of sp³-hybridized carbons (Fsp3) is 0.379. The highest BCUT2D eigenvalue weighted by Crippen LogP contribution is 2.36. The lowest BCUT2D eigenvalue weighted by Gasteiger charge is -2.35. The molecule has 0 aliphatic rings. The summed E-state index contributed by atoms with van der Waals surface area (Å²) in [7, 11) is 3.05. The fourth-order valence-electron chi connectivity index (χ4n) is 3.91. The first-order valence-electron chi connectivity index (χ1n) is 12.7. The summed E-state index contributed by atoms with van der Waals surface area (Å²) in [5, 5.41) is 9.45. The summed E-state index contributed by atoms with van der Waals surface area (Å²) in [5.74, 6) is 0.631. The van der Waals surface area contributed by atoms with Crippen molar-refractivity contribution < 1.29 is 28.4 Å². The number of hydrogen-bond donors (Lipinski definition) is 2. The van der Waals surface area contributed by atoms with Gasteiger partial charge in [0.1, 0.15) is 23.3 Å².